The third kappa shape index (κ3) is 3.14. The van der Waals surface area contributed by atoms with Gasteiger partial charge in [-0.3, -0.25) is 9.59 Å². The van der Waals surface area contributed by atoms with Gasteiger partial charge in [0.2, 0.25) is 0 Å². The number of aliphatic carboxylic acids is 1. The maximum absolute atomic E-state index is 12.0. The Morgan fingerprint density at radius 1 is 1.35 bits per heavy atom. The largest absolute Gasteiger partial charge is 0.481 e. The fraction of sp³-hybridized carbons (Fsp3) is 0.357. The number of carboxylic acids is 1. The molecule has 0 aliphatic heterocycles. The smallest absolute Gasteiger partial charge is 0.310 e. The third-order valence-corrected chi connectivity index (χ3v) is 3.19. The number of carbonyl (C=O) groups excluding carboxylic acids is 1. The number of pyridine rings is 1. The zero-order valence-corrected chi connectivity index (χ0v) is 11.4. The van der Waals surface area contributed by atoms with Crippen LogP contribution in [0.2, 0.25) is 0 Å². The van der Waals surface area contributed by atoms with Gasteiger partial charge in [0.25, 0.3) is 5.91 Å². The lowest BCUT2D eigenvalue weighted by Crippen LogP contribution is -2.33. The van der Waals surface area contributed by atoms with Crippen LogP contribution in [-0.4, -0.2) is 42.1 Å². The van der Waals surface area contributed by atoms with E-state index in [2.05, 4.69) is 10.3 Å². The van der Waals surface area contributed by atoms with Crippen LogP contribution in [0, 0.1) is 5.92 Å². The van der Waals surface area contributed by atoms with E-state index in [-0.39, 0.29) is 11.9 Å². The van der Waals surface area contributed by atoms with E-state index in [0.29, 0.717) is 12.0 Å². The van der Waals surface area contributed by atoms with Crippen molar-refractivity contribution < 1.29 is 14.7 Å². The second-order valence-corrected chi connectivity index (χ2v) is 4.94. The molecule has 0 radical (unpaired) electrons. The Hall–Kier alpha value is -2.37. The molecule has 0 fully saturated rings. The van der Waals surface area contributed by atoms with Gasteiger partial charge in [0.15, 0.2) is 0 Å². The average molecular weight is 275 g/mol. The van der Waals surface area contributed by atoms with Gasteiger partial charge in [0, 0.05) is 26.3 Å². The second-order valence-electron chi connectivity index (χ2n) is 4.94. The summed E-state index contributed by atoms with van der Waals surface area (Å²) in [6.07, 6.45) is 5.24. The van der Waals surface area contributed by atoms with Gasteiger partial charge >= 0.3 is 5.97 Å². The fourth-order valence-corrected chi connectivity index (χ4v) is 2.03. The Morgan fingerprint density at radius 2 is 2.10 bits per heavy atom. The molecule has 0 spiro atoms. The Balaban J connectivity index is 1.96. The van der Waals surface area contributed by atoms with Crippen LogP contribution in [0.25, 0.3) is 0 Å². The van der Waals surface area contributed by atoms with Crippen LogP contribution in [0.1, 0.15) is 16.8 Å². The molecule has 20 heavy (non-hydrogen) atoms. The highest BCUT2D eigenvalue weighted by molar-refractivity contribution is 5.94. The number of anilines is 1. The summed E-state index contributed by atoms with van der Waals surface area (Å²) in [5, 5.41) is 11.7. The van der Waals surface area contributed by atoms with E-state index in [1.807, 2.05) is 19.0 Å². The zero-order valence-electron chi connectivity index (χ0n) is 11.4. The molecule has 106 valence electrons. The van der Waals surface area contributed by atoms with Crippen molar-refractivity contribution in [3.8, 4) is 0 Å². The highest BCUT2D eigenvalue weighted by atomic mass is 16.4. The van der Waals surface area contributed by atoms with Crippen molar-refractivity contribution in [3.63, 3.8) is 0 Å². The second kappa shape index (κ2) is 5.73. The maximum atomic E-state index is 12.0. The topological polar surface area (TPSA) is 82.5 Å². The molecular weight excluding hydrogens is 258 g/mol. The van der Waals surface area contributed by atoms with Crippen molar-refractivity contribution in [2.45, 2.75) is 12.5 Å². The molecule has 1 aromatic rings. The molecule has 0 saturated carbocycles. The molecular formula is C14H17N3O3. The Kier molecular flexibility index (Phi) is 4.02. The van der Waals surface area contributed by atoms with Crippen LogP contribution < -0.4 is 10.2 Å². The Labute approximate surface area is 117 Å². The van der Waals surface area contributed by atoms with Gasteiger partial charge in [0.05, 0.1) is 11.5 Å². The molecule has 2 atom stereocenters. The van der Waals surface area contributed by atoms with Gasteiger partial charge < -0.3 is 15.3 Å². The van der Waals surface area contributed by atoms with Gasteiger partial charge in [-0.05, 0) is 18.6 Å². The Bertz CT molecular complexity index is 537. The zero-order chi connectivity index (χ0) is 14.7. The number of hydrogen-bond acceptors (Lipinski definition) is 4. The van der Waals surface area contributed by atoms with E-state index in [1.165, 1.54) is 6.20 Å². The van der Waals surface area contributed by atoms with Crippen LogP contribution >= 0.6 is 0 Å². The molecule has 6 heteroatoms. The minimum absolute atomic E-state index is 0.239. The first kappa shape index (κ1) is 14.0. The predicted octanol–water partition coefficient (Wildman–Crippen LogP) is 0.907. The van der Waals surface area contributed by atoms with Crippen molar-refractivity contribution >= 4 is 17.7 Å². The van der Waals surface area contributed by atoms with Crippen LogP contribution in [0.15, 0.2) is 30.5 Å². The molecule has 2 unspecified atom stereocenters. The van der Waals surface area contributed by atoms with E-state index in [4.69, 9.17) is 5.11 Å². The summed E-state index contributed by atoms with van der Waals surface area (Å²) in [7, 11) is 3.74. The maximum Gasteiger partial charge on any atom is 0.310 e. The Morgan fingerprint density at radius 3 is 2.60 bits per heavy atom. The van der Waals surface area contributed by atoms with Gasteiger partial charge in [0.1, 0.15) is 5.82 Å². The molecule has 0 bridgehead atoms. The van der Waals surface area contributed by atoms with E-state index < -0.39 is 11.9 Å². The molecule has 0 aromatic carbocycles. The summed E-state index contributed by atoms with van der Waals surface area (Å²) in [5.74, 6) is -0.860. The summed E-state index contributed by atoms with van der Waals surface area (Å²) < 4.78 is 0. The minimum Gasteiger partial charge on any atom is -0.481 e. The van der Waals surface area contributed by atoms with Gasteiger partial charge in [-0.1, -0.05) is 12.2 Å². The number of carbonyl (C=O) groups is 2. The molecule has 2 rings (SSSR count). The lowest BCUT2D eigenvalue weighted by Gasteiger charge is -2.13. The first-order valence-electron chi connectivity index (χ1n) is 6.32. The average Bonchev–Trinajstić information content (AvgIpc) is 2.87. The van der Waals surface area contributed by atoms with Crippen molar-refractivity contribution in [2.24, 2.45) is 5.92 Å². The number of nitrogens with zero attached hydrogens (tertiary/aromatic N) is 2. The van der Waals surface area contributed by atoms with Crippen LogP contribution in [0.4, 0.5) is 5.82 Å². The molecule has 0 saturated heterocycles. The number of hydrogen-bond donors (Lipinski definition) is 2. The highest BCUT2D eigenvalue weighted by Gasteiger charge is 2.25. The van der Waals surface area contributed by atoms with E-state index in [1.54, 1.807) is 24.3 Å². The number of rotatable bonds is 4. The molecule has 2 N–H and O–H groups in total. The van der Waals surface area contributed by atoms with Crippen LogP contribution in [0.3, 0.4) is 0 Å². The van der Waals surface area contributed by atoms with Crippen molar-refractivity contribution in [1.29, 1.82) is 0 Å². The molecule has 1 aliphatic rings. The third-order valence-electron chi connectivity index (χ3n) is 3.19. The first-order valence-corrected chi connectivity index (χ1v) is 6.32. The van der Waals surface area contributed by atoms with Crippen LogP contribution in [-0.2, 0) is 4.79 Å². The first-order chi connectivity index (χ1) is 9.47. The fourth-order valence-electron chi connectivity index (χ4n) is 2.03. The van der Waals surface area contributed by atoms with Gasteiger partial charge in [-0.25, -0.2) is 4.98 Å². The standard InChI is InChI=1S/C14H17N3O3/c1-17(2)12-6-4-10(8-15-12)13(18)16-11-5-3-9(7-11)14(19)20/h3-6,8-9,11H,7H2,1-2H3,(H,16,18)(H,19,20). The van der Waals surface area contributed by atoms with Crippen molar-refractivity contribution in [3.05, 3.63) is 36.0 Å². The molecule has 1 aliphatic carbocycles. The monoisotopic (exact) mass is 275 g/mol. The van der Waals surface area contributed by atoms with Crippen molar-refractivity contribution in [2.75, 3.05) is 19.0 Å². The van der Waals surface area contributed by atoms with Crippen LogP contribution in [0.5, 0.6) is 0 Å². The van der Waals surface area contributed by atoms with E-state index in [0.717, 1.165) is 5.82 Å². The number of aromatic nitrogens is 1. The predicted molar refractivity (Wildman–Crippen MR) is 74.7 cm³/mol. The molecule has 1 aromatic heterocycles. The lowest BCUT2D eigenvalue weighted by atomic mass is 10.1. The normalized spacial score (nSPS) is 20.7. The highest BCUT2D eigenvalue weighted by Crippen LogP contribution is 2.18. The molecule has 1 amide bonds. The number of carboxylic acid groups (broad SMARTS) is 1. The quantitative estimate of drug-likeness (QED) is 0.798. The molecule has 6 nitrogen and oxygen atoms in total. The summed E-state index contributed by atoms with van der Waals surface area (Å²) in [4.78, 5) is 28.9. The SMILES string of the molecule is CN(C)c1ccc(C(=O)NC2C=CC(C(=O)O)C2)cn1. The summed E-state index contributed by atoms with van der Waals surface area (Å²) in [5.41, 5.74) is 0.461. The van der Waals surface area contributed by atoms with Gasteiger partial charge in [-0.2, -0.15) is 0 Å². The van der Waals surface area contributed by atoms with Gasteiger partial charge in [-0.15, -0.1) is 0 Å². The number of nitrogens with one attached hydrogen (secondary N) is 1. The van der Waals surface area contributed by atoms with E-state index >= 15 is 0 Å². The lowest BCUT2D eigenvalue weighted by molar-refractivity contribution is -0.140. The summed E-state index contributed by atoms with van der Waals surface area (Å²) >= 11 is 0. The van der Waals surface area contributed by atoms with Crippen molar-refractivity contribution in [1.82, 2.24) is 10.3 Å². The van der Waals surface area contributed by atoms with E-state index in [9.17, 15) is 9.59 Å². The number of amides is 1. The summed E-state index contributed by atoms with van der Waals surface area (Å²) in [6, 6.07) is 3.22. The minimum atomic E-state index is -0.866. The summed E-state index contributed by atoms with van der Waals surface area (Å²) in [6.45, 7) is 0. The molecule has 1 heterocycles.